The largest absolute Gasteiger partial charge is 0.324 e. The second-order valence-corrected chi connectivity index (χ2v) is 7.58. The van der Waals surface area contributed by atoms with E-state index in [0.29, 0.717) is 0 Å². The van der Waals surface area contributed by atoms with Crippen molar-refractivity contribution < 1.29 is 0 Å². The lowest BCUT2D eigenvalue weighted by molar-refractivity contribution is 0.638. The van der Waals surface area contributed by atoms with Crippen LogP contribution in [0.4, 0.5) is 0 Å². The van der Waals surface area contributed by atoms with Crippen LogP contribution in [0.3, 0.4) is 0 Å². The fourth-order valence-electron chi connectivity index (χ4n) is 3.95. The smallest absolute Gasteiger partial charge is 0.170 e. The van der Waals surface area contributed by atoms with Crippen molar-refractivity contribution in [1.82, 2.24) is 19.6 Å². The first-order valence-electron chi connectivity index (χ1n) is 10.3. The highest BCUT2D eigenvalue weighted by atomic mass is 15.2. The van der Waals surface area contributed by atoms with Gasteiger partial charge in [-0.1, -0.05) is 67.9 Å². The molecule has 0 aliphatic carbocycles. The predicted octanol–water partition coefficient (Wildman–Crippen LogP) is 5.41. The monoisotopic (exact) mass is 393 g/mol. The molecule has 5 heteroatoms. The Balaban J connectivity index is 1.71. The van der Waals surface area contributed by atoms with E-state index >= 15 is 0 Å². The molecule has 3 aromatic heterocycles. The lowest BCUT2D eigenvalue weighted by Gasteiger charge is -2.14. The maximum Gasteiger partial charge on any atom is 0.170 e. The second kappa shape index (κ2) is 7.69. The summed E-state index contributed by atoms with van der Waals surface area (Å²) < 4.78 is 1.92. The third-order valence-electron chi connectivity index (χ3n) is 5.56. The Morgan fingerprint density at radius 2 is 1.77 bits per heavy atom. The summed E-state index contributed by atoms with van der Waals surface area (Å²) in [6.07, 6.45) is 5.72. The molecule has 5 aromatic rings. The summed E-state index contributed by atoms with van der Waals surface area (Å²) in [5.41, 5.74) is 13.4. The van der Waals surface area contributed by atoms with Gasteiger partial charge in [0, 0.05) is 28.8 Å². The fraction of sp³-hybridized carbons (Fsp3) is 0.160. The molecule has 2 aromatic carbocycles. The maximum absolute atomic E-state index is 6.30. The minimum Gasteiger partial charge on any atom is -0.324 e. The van der Waals surface area contributed by atoms with Gasteiger partial charge in [0.2, 0.25) is 0 Å². The predicted molar refractivity (Wildman–Crippen MR) is 121 cm³/mol. The van der Waals surface area contributed by atoms with Crippen LogP contribution in [0.1, 0.15) is 31.4 Å². The Morgan fingerprint density at radius 3 is 2.53 bits per heavy atom. The van der Waals surface area contributed by atoms with Crippen LogP contribution >= 0.6 is 0 Å². The zero-order valence-corrected chi connectivity index (χ0v) is 16.9. The van der Waals surface area contributed by atoms with Gasteiger partial charge in [0.25, 0.3) is 0 Å². The summed E-state index contributed by atoms with van der Waals surface area (Å²) in [5, 5.41) is 9.33. The molecule has 5 rings (SSSR count). The highest BCUT2D eigenvalue weighted by molar-refractivity contribution is 5.98. The van der Waals surface area contributed by atoms with Crippen molar-refractivity contribution in [2.75, 3.05) is 0 Å². The Hall–Kier alpha value is -3.57. The summed E-state index contributed by atoms with van der Waals surface area (Å²) in [6, 6.07) is 23.1. The van der Waals surface area contributed by atoms with E-state index in [0.717, 1.165) is 57.3 Å². The number of nitrogens with two attached hydrogens (primary N) is 1. The summed E-state index contributed by atoms with van der Waals surface area (Å²) in [4.78, 5) is 5.05. The molecule has 0 aliphatic rings. The van der Waals surface area contributed by atoms with Crippen molar-refractivity contribution in [3.63, 3.8) is 0 Å². The molecule has 0 spiro atoms. The highest BCUT2D eigenvalue weighted by Gasteiger charge is 2.14. The van der Waals surface area contributed by atoms with Crippen LogP contribution in [-0.4, -0.2) is 19.6 Å². The van der Waals surface area contributed by atoms with Crippen LogP contribution in [0.15, 0.2) is 79.3 Å². The molecular weight excluding hydrogens is 370 g/mol. The average molecular weight is 393 g/mol. The fourth-order valence-corrected chi connectivity index (χ4v) is 3.95. The number of aromatic nitrogens is 4. The Bertz CT molecular complexity index is 1310. The first-order chi connectivity index (χ1) is 14.7. The number of benzene rings is 2. The summed E-state index contributed by atoms with van der Waals surface area (Å²) in [6.45, 7) is 2.16. The van der Waals surface area contributed by atoms with Crippen molar-refractivity contribution >= 4 is 16.6 Å². The zero-order valence-electron chi connectivity index (χ0n) is 16.9. The maximum atomic E-state index is 6.30. The highest BCUT2D eigenvalue weighted by Crippen LogP contribution is 2.34. The zero-order chi connectivity index (χ0) is 20.5. The van der Waals surface area contributed by atoms with Crippen molar-refractivity contribution in [3.05, 3.63) is 84.8 Å². The van der Waals surface area contributed by atoms with E-state index in [4.69, 9.17) is 10.7 Å². The van der Waals surface area contributed by atoms with Gasteiger partial charge in [-0.3, -0.25) is 4.40 Å². The number of rotatable bonds is 5. The summed E-state index contributed by atoms with van der Waals surface area (Å²) >= 11 is 0. The molecule has 3 heterocycles. The van der Waals surface area contributed by atoms with Crippen LogP contribution in [-0.2, 0) is 0 Å². The van der Waals surface area contributed by atoms with Gasteiger partial charge in [0.05, 0.1) is 11.2 Å². The molecule has 0 amide bonds. The number of pyridine rings is 2. The van der Waals surface area contributed by atoms with Crippen LogP contribution in [0.5, 0.6) is 0 Å². The van der Waals surface area contributed by atoms with E-state index in [1.807, 2.05) is 34.9 Å². The van der Waals surface area contributed by atoms with Crippen LogP contribution in [0.2, 0.25) is 0 Å². The van der Waals surface area contributed by atoms with E-state index in [1.54, 1.807) is 6.33 Å². The lowest BCUT2D eigenvalue weighted by Crippen LogP contribution is -2.09. The second-order valence-electron chi connectivity index (χ2n) is 7.58. The summed E-state index contributed by atoms with van der Waals surface area (Å²) in [5.74, 6) is 0. The van der Waals surface area contributed by atoms with E-state index in [2.05, 4.69) is 59.6 Å². The van der Waals surface area contributed by atoms with Gasteiger partial charge in [-0.05, 0) is 29.7 Å². The molecule has 5 nitrogen and oxygen atoms in total. The molecule has 0 unspecified atom stereocenters. The van der Waals surface area contributed by atoms with E-state index in [1.165, 1.54) is 0 Å². The molecule has 0 radical (unpaired) electrons. The SMILES string of the molecule is CCC[C@@H](N)c1ccc(-c2nc3ccn4cnnc4c3cc2-c2ccccc2)cc1. The van der Waals surface area contributed by atoms with Gasteiger partial charge in [0.15, 0.2) is 5.65 Å². The number of fused-ring (bicyclic) bond motifs is 3. The van der Waals surface area contributed by atoms with Crippen LogP contribution < -0.4 is 5.73 Å². The van der Waals surface area contributed by atoms with Gasteiger partial charge < -0.3 is 5.73 Å². The molecule has 0 saturated heterocycles. The van der Waals surface area contributed by atoms with Gasteiger partial charge >= 0.3 is 0 Å². The molecule has 0 saturated carbocycles. The molecule has 0 fully saturated rings. The molecular formula is C25H23N5. The van der Waals surface area contributed by atoms with E-state index < -0.39 is 0 Å². The molecule has 148 valence electrons. The molecule has 1 atom stereocenters. The Morgan fingerprint density at radius 1 is 0.967 bits per heavy atom. The quantitative estimate of drug-likeness (QED) is 0.433. The number of hydrogen-bond donors (Lipinski definition) is 1. The third-order valence-corrected chi connectivity index (χ3v) is 5.56. The summed E-state index contributed by atoms with van der Waals surface area (Å²) in [7, 11) is 0. The normalized spacial score (nSPS) is 12.5. The minimum absolute atomic E-state index is 0.0726. The Labute approximate surface area is 175 Å². The molecule has 0 aliphatic heterocycles. The van der Waals surface area contributed by atoms with Gasteiger partial charge in [-0.2, -0.15) is 0 Å². The van der Waals surface area contributed by atoms with Crippen molar-refractivity contribution in [2.24, 2.45) is 5.73 Å². The van der Waals surface area contributed by atoms with Gasteiger partial charge in [-0.15, -0.1) is 10.2 Å². The van der Waals surface area contributed by atoms with E-state index in [9.17, 15) is 0 Å². The van der Waals surface area contributed by atoms with Gasteiger partial charge in [0.1, 0.15) is 6.33 Å². The topological polar surface area (TPSA) is 69.1 Å². The van der Waals surface area contributed by atoms with E-state index in [-0.39, 0.29) is 6.04 Å². The van der Waals surface area contributed by atoms with Crippen molar-refractivity contribution in [1.29, 1.82) is 0 Å². The first-order valence-corrected chi connectivity index (χ1v) is 10.3. The van der Waals surface area contributed by atoms with Crippen LogP contribution in [0, 0.1) is 0 Å². The standard InChI is InChI=1S/C25H23N5/c1-2-6-22(26)18-9-11-19(12-10-18)24-20(17-7-4-3-5-8-17)15-21-23(28-24)13-14-30-16-27-29-25(21)30/h3-5,7-16,22H,2,6,26H2,1H3/t22-/m1/s1. The number of hydrogen-bond acceptors (Lipinski definition) is 4. The van der Waals surface area contributed by atoms with Crippen molar-refractivity contribution in [2.45, 2.75) is 25.8 Å². The molecule has 2 N–H and O–H groups in total. The van der Waals surface area contributed by atoms with Crippen LogP contribution in [0.25, 0.3) is 38.9 Å². The minimum atomic E-state index is 0.0726. The molecule has 0 bridgehead atoms. The third kappa shape index (κ3) is 3.23. The average Bonchev–Trinajstić information content (AvgIpc) is 3.28. The molecule has 30 heavy (non-hydrogen) atoms. The number of nitrogens with zero attached hydrogens (tertiary/aromatic N) is 4. The van der Waals surface area contributed by atoms with Gasteiger partial charge in [-0.25, -0.2) is 4.98 Å². The lowest BCUT2D eigenvalue weighted by atomic mass is 9.95. The first kappa shape index (κ1) is 18.5. The Kier molecular flexibility index (Phi) is 4.73. The van der Waals surface area contributed by atoms with Crippen molar-refractivity contribution in [3.8, 4) is 22.4 Å².